The van der Waals surface area contributed by atoms with Gasteiger partial charge in [0.2, 0.25) is 10.0 Å². The second kappa shape index (κ2) is 10.7. The third-order valence-corrected chi connectivity index (χ3v) is 7.49. The van der Waals surface area contributed by atoms with Crippen molar-refractivity contribution in [3.8, 4) is 16.8 Å². The van der Waals surface area contributed by atoms with Crippen LogP contribution in [0.4, 0.5) is 11.5 Å². The minimum absolute atomic E-state index is 0.0354. The number of aromatic nitrogens is 5. The van der Waals surface area contributed by atoms with E-state index in [-0.39, 0.29) is 22.6 Å². The maximum Gasteiger partial charge on any atom is 0.263 e. The van der Waals surface area contributed by atoms with Crippen LogP contribution in [-0.4, -0.2) is 44.7 Å². The molecule has 1 amide bonds. The zero-order valence-electron chi connectivity index (χ0n) is 23.1. The van der Waals surface area contributed by atoms with Crippen molar-refractivity contribution in [1.82, 2.24) is 29.5 Å². The average Bonchev–Trinajstić information content (AvgIpc) is 3.32. The number of rotatable bonds is 7. The van der Waals surface area contributed by atoms with E-state index in [1.54, 1.807) is 66.5 Å². The molecule has 4 heterocycles. The number of para-hydroxylation sites is 1. The van der Waals surface area contributed by atoms with E-state index in [9.17, 15) is 18.0 Å². The molecule has 0 saturated heterocycles. The van der Waals surface area contributed by atoms with Crippen molar-refractivity contribution in [2.24, 2.45) is 0 Å². The molecular weight excluding hydrogens is 568 g/mol. The monoisotopic (exact) mass is 594 g/mol. The van der Waals surface area contributed by atoms with Crippen molar-refractivity contribution in [2.45, 2.75) is 13.0 Å². The number of nitrogens with two attached hydrogens (primary N) is 1. The van der Waals surface area contributed by atoms with Crippen molar-refractivity contribution in [3.63, 3.8) is 0 Å². The molecule has 6 aromatic rings. The first-order valence-electron chi connectivity index (χ1n) is 13.2. The molecule has 216 valence electrons. The van der Waals surface area contributed by atoms with Crippen LogP contribution in [-0.2, 0) is 10.0 Å². The highest BCUT2D eigenvalue weighted by Gasteiger charge is 2.24. The van der Waals surface area contributed by atoms with Gasteiger partial charge in [-0.15, -0.1) is 5.10 Å². The Morgan fingerprint density at radius 3 is 2.58 bits per heavy atom. The number of anilines is 2. The number of hydrogen-bond donors (Lipinski definition) is 3. The van der Waals surface area contributed by atoms with Gasteiger partial charge in [0.1, 0.15) is 5.56 Å². The second-order valence-electron chi connectivity index (χ2n) is 9.99. The lowest BCUT2D eigenvalue weighted by Gasteiger charge is -2.21. The average molecular weight is 595 g/mol. The van der Waals surface area contributed by atoms with Crippen LogP contribution in [0.3, 0.4) is 0 Å². The molecule has 0 bridgehead atoms. The molecule has 0 spiro atoms. The maximum absolute atomic E-state index is 14.4. The Morgan fingerprint density at radius 2 is 1.81 bits per heavy atom. The minimum atomic E-state index is -3.53. The quantitative estimate of drug-likeness (QED) is 0.252. The zero-order valence-corrected chi connectivity index (χ0v) is 23.9. The Hall–Kier alpha value is -5.56. The smallest absolute Gasteiger partial charge is 0.263 e. The van der Waals surface area contributed by atoms with Gasteiger partial charge in [-0.1, -0.05) is 36.4 Å². The fourth-order valence-corrected chi connectivity index (χ4v) is 5.65. The first-order valence-corrected chi connectivity index (χ1v) is 15.1. The van der Waals surface area contributed by atoms with E-state index in [1.807, 2.05) is 30.3 Å². The molecule has 2 aromatic carbocycles. The van der Waals surface area contributed by atoms with Gasteiger partial charge in [-0.05, 0) is 48.2 Å². The van der Waals surface area contributed by atoms with Gasteiger partial charge in [0.05, 0.1) is 29.6 Å². The molecule has 0 aliphatic carbocycles. The molecule has 0 radical (unpaired) electrons. The summed E-state index contributed by atoms with van der Waals surface area (Å²) in [6.45, 7) is 1.78. The van der Waals surface area contributed by atoms with Crippen molar-refractivity contribution >= 4 is 43.9 Å². The zero-order chi connectivity index (χ0) is 30.3. The molecule has 0 aliphatic heterocycles. The fraction of sp³-hybridized carbons (Fsp3) is 0.100. The summed E-state index contributed by atoms with van der Waals surface area (Å²) in [6, 6.07) is 19.0. The second-order valence-corrected chi connectivity index (χ2v) is 11.7. The summed E-state index contributed by atoms with van der Waals surface area (Å²) in [5, 5.41) is 8.17. The van der Waals surface area contributed by atoms with Crippen LogP contribution in [0.15, 0.2) is 96.3 Å². The molecule has 43 heavy (non-hydrogen) atoms. The van der Waals surface area contributed by atoms with Crippen LogP contribution >= 0.6 is 0 Å². The number of nitrogen functional groups attached to an aromatic ring is 1. The van der Waals surface area contributed by atoms with Gasteiger partial charge in [-0.25, -0.2) is 17.9 Å². The van der Waals surface area contributed by atoms with Gasteiger partial charge >= 0.3 is 0 Å². The third kappa shape index (κ3) is 5.28. The Balaban J connectivity index is 1.50. The molecule has 4 aromatic heterocycles. The Labute approximate surface area is 245 Å². The normalized spacial score (nSPS) is 12.3. The number of benzene rings is 2. The number of hydrogen-bond acceptors (Lipinski definition) is 8. The summed E-state index contributed by atoms with van der Waals surface area (Å²) in [7, 11) is -3.53. The molecule has 4 N–H and O–H groups in total. The van der Waals surface area contributed by atoms with E-state index in [1.165, 1.54) is 10.7 Å². The van der Waals surface area contributed by atoms with E-state index < -0.39 is 22.0 Å². The van der Waals surface area contributed by atoms with Gasteiger partial charge < -0.3 is 11.1 Å². The minimum Gasteiger partial charge on any atom is -0.381 e. The fourth-order valence-electron chi connectivity index (χ4n) is 5.11. The number of carbonyl (C=O) groups is 1. The number of fused-ring (bicyclic) bond motifs is 2. The molecular formula is C30H26N8O4S. The molecule has 13 heteroatoms. The Bertz CT molecular complexity index is 2190. The SMILES string of the molecule is C[C@H](NC(=O)c1c(N)nn2cccnc12)c1cc2cccc(-c3cncc(NS(C)(=O)=O)c3)c2c(=O)n1-c1ccccc1. The predicted octanol–water partition coefficient (Wildman–Crippen LogP) is 3.54. The van der Waals surface area contributed by atoms with Crippen LogP contribution in [0.5, 0.6) is 0 Å². The van der Waals surface area contributed by atoms with Crippen molar-refractivity contribution in [3.05, 3.63) is 113 Å². The molecule has 0 fully saturated rings. The van der Waals surface area contributed by atoms with Crippen molar-refractivity contribution in [1.29, 1.82) is 0 Å². The van der Waals surface area contributed by atoms with Crippen LogP contribution in [0.1, 0.15) is 29.0 Å². The first-order chi connectivity index (χ1) is 20.6. The standard InChI is InChI=1S/C30H26N8O4S/c1-18(34-29(39)26-27(31)35-37-13-7-12-33-28(26)37)24-15-19-8-6-11-23(20-14-21(17-32-16-20)36-43(2,41)42)25(19)30(40)38(24)22-9-4-3-5-10-22/h3-18,36H,1-2H3,(H2,31,35)(H,34,39)/t18-/m0/s1. The molecule has 6 rings (SSSR count). The predicted molar refractivity (Wildman–Crippen MR) is 165 cm³/mol. The van der Waals surface area contributed by atoms with Crippen molar-refractivity contribution in [2.75, 3.05) is 16.7 Å². The molecule has 0 saturated carbocycles. The van der Waals surface area contributed by atoms with Crippen molar-refractivity contribution < 1.29 is 13.2 Å². The number of nitrogens with one attached hydrogen (secondary N) is 2. The number of amides is 1. The lowest BCUT2D eigenvalue weighted by molar-refractivity contribution is 0.0941. The van der Waals surface area contributed by atoms with Gasteiger partial charge in [0.25, 0.3) is 11.5 Å². The highest BCUT2D eigenvalue weighted by Crippen LogP contribution is 2.30. The third-order valence-electron chi connectivity index (χ3n) is 6.88. The van der Waals surface area contributed by atoms with E-state index in [0.717, 1.165) is 6.26 Å². The largest absolute Gasteiger partial charge is 0.381 e. The molecule has 0 unspecified atom stereocenters. The summed E-state index contributed by atoms with van der Waals surface area (Å²) in [6.07, 6.45) is 7.22. The molecule has 0 aliphatic rings. The maximum atomic E-state index is 14.4. The summed E-state index contributed by atoms with van der Waals surface area (Å²) >= 11 is 0. The summed E-state index contributed by atoms with van der Waals surface area (Å²) < 4.78 is 29.0. The van der Waals surface area contributed by atoms with Crippen LogP contribution in [0.25, 0.3) is 33.2 Å². The van der Waals surface area contributed by atoms with E-state index in [0.29, 0.717) is 38.9 Å². The highest BCUT2D eigenvalue weighted by molar-refractivity contribution is 7.92. The van der Waals surface area contributed by atoms with Crippen LogP contribution in [0.2, 0.25) is 0 Å². The van der Waals surface area contributed by atoms with Crippen LogP contribution in [0, 0.1) is 0 Å². The van der Waals surface area contributed by atoms with E-state index in [4.69, 9.17) is 5.73 Å². The lowest BCUT2D eigenvalue weighted by Crippen LogP contribution is -2.32. The number of carbonyl (C=O) groups excluding carboxylic acids is 1. The lowest BCUT2D eigenvalue weighted by atomic mass is 9.98. The molecule has 12 nitrogen and oxygen atoms in total. The highest BCUT2D eigenvalue weighted by atomic mass is 32.2. The van der Waals surface area contributed by atoms with Gasteiger partial charge in [-0.3, -0.25) is 23.9 Å². The van der Waals surface area contributed by atoms with Gasteiger partial charge in [0, 0.05) is 35.5 Å². The summed E-state index contributed by atoms with van der Waals surface area (Å²) in [5.41, 5.74) is 8.74. The molecule has 1 atom stereocenters. The number of pyridine rings is 2. The van der Waals surface area contributed by atoms with Gasteiger partial charge in [0.15, 0.2) is 11.5 Å². The Kier molecular flexibility index (Phi) is 6.86. The number of nitrogens with zero attached hydrogens (tertiary/aromatic N) is 5. The topological polar surface area (TPSA) is 166 Å². The van der Waals surface area contributed by atoms with E-state index >= 15 is 0 Å². The Morgan fingerprint density at radius 1 is 1.02 bits per heavy atom. The first kappa shape index (κ1) is 27.6. The van der Waals surface area contributed by atoms with E-state index in [2.05, 4.69) is 25.1 Å². The summed E-state index contributed by atoms with van der Waals surface area (Å²) in [5.74, 6) is -0.450. The summed E-state index contributed by atoms with van der Waals surface area (Å²) in [4.78, 5) is 36.3. The van der Waals surface area contributed by atoms with Crippen LogP contribution < -0.4 is 21.3 Å². The van der Waals surface area contributed by atoms with Gasteiger partial charge in [-0.2, -0.15) is 0 Å². The number of sulfonamides is 1.